The summed E-state index contributed by atoms with van der Waals surface area (Å²) in [5.41, 5.74) is 1.96. The maximum atomic E-state index is 10.1. The first kappa shape index (κ1) is 13.5. The van der Waals surface area contributed by atoms with E-state index in [1.54, 1.807) is 7.11 Å². The molecule has 1 unspecified atom stereocenters. The monoisotopic (exact) mass is 286 g/mol. The summed E-state index contributed by atoms with van der Waals surface area (Å²) in [6.07, 6.45) is 0.276. The average Bonchev–Trinajstić information content (AvgIpc) is 2.20. The summed E-state index contributed by atoms with van der Waals surface area (Å²) in [7, 11) is 1.63. The minimum atomic E-state index is -0.466. The first-order chi connectivity index (χ1) is 7.45. The predicted molar refractivity (Wildman–Crippen MR) is 69.8 cm³/mol. The van der Waals surface area contributed by atoms with Crippen molar-refractivity contribution in [1.82, 2.24) is 0 Å². The SMILES string of the molecule is COc1cc(C)c(Br)cc1C(O)CC(C)C. The third-order valence-electron chi connectivity index (χ3n) is 2.56. The largest absolute Gasteiger partial charge is 0.496 e. The summed E-state index contributed by atoms with van der Waals surface area (Å²) in [6, 6.07) is 3.89. The number of hydrogen-bond donors (Lipinski definition) is 1. The summed E-state index contributed by atoms with van der Waals surface area (Å²) in [6.45, 7) is 6.20. The molecule has 0 saturated carbocycles. The van der Waals surface area contributed by atoms with E-state index in [9.17, 15) is 5.11 Å². The highest BCUT2D eigenvalue weighted by molar-refractivity contribution is 9.10. The summed E-state index contributed by atoms with van der Waals surface area (Å²) in [4.78, 5) is 0. The molecule has 0 aromatic heterocycles. The first-order valence-corrected chi connectivity index (χ1v) is 6.27. The molecule has 16 heavy (non-hydrogen) atoms. The van der Waals surface area contributed by atoms with Gasteiger partial charge < -0.3 is 9.84 Å². The topological polar surface area (TPSA) is 29.5 Å². The van der Waals surface area contributed by atoms with Crippen LogP contribution in [0.3, 0.4) is 0 Å². The first-order valence-electron chi connectivity index (χ1n) is 5.47. The Labute approximate surface area is 106 Å². The maximum Gasteiger partial charge on any atom is 0.125 e. The number of benzene rings is 1. The van der Waals surface area contributed by atoms with Crippen molar-refractivity contribution in [3.8, 4) is 5.75 Å². The Morgan fingerprint density at radius 2 is 2.00 bits per heavy atom. The minimum absolute atomic E-state index is 0.458. The van der Waals surface area contributed by atoms with Crippen LogP contribution >= 0.6 is 15.9 Å². The molecule has 1 aromatic rings. The van der Waals surface area contributed by atoms with E-state index in [4.69, 9.17) is 4.74 Å². The van der Waals surface area contributed by atoms with Gasteiger partial charge in [-0.05, 0) is 37.0 Å². The second-order valence-electron chi connectivity index (χ2n) is 4.49. The molecule has 1 N–H and O–H groups in total. The molecule has 2 nitrogen and oxygen atoms in total. The van der Waals surface area contributed by atoms with Gasteiger partial charge in [-0.2, -0.15) is 0 Å². The van der Waals surface area contributed by atoms with Crippen LogP contribution in [0.5, 0.6) is 5.75 Å². The smallest absolute Gasteiger partial charge is 0.125 e. The lowest BCUT2D eigenvalue weighted by Crippen LogP contribution is -2.04. The number of aliphatic hydroxyl groups excluding tert-OH is 1. The zero-order chi connectivity index (χ0) is 12.3. The van der Waals surface area contributed by atoms with Gasteiger partial charge in [0, 0.05) is 10.0 Å². The van der Waals surface area contributed by atoms with Crippen LogP contribution in [0.1, 0.15) is 37.5 Å². The van der Waals surface area contributed by atoms with Gasteiger partial charge in [0.05, 0.1) is 13.2 Å². The highest BCUT2D eigenvalue weighted by Gasteiger charge is 2.16. The van der Waals surface area contributed by atoms with Crippen LogP contribution in [-0.2, 0) is 0 Å². The summed E-state index contributed by atoms with van der Waals surface area (Å²) < 4.78 is 6.31. The second kappa shape index (κ2) is 5.69. The van der Waals surface area contributed by atoms with Gasteiger partial charge in [0.1, 0.15) is 5.75 Å². The molecule has 1 aromatic carbocycles. The molecule has 0 aliphatic rings. The Hall–Kier alpha value is -0.540. The average molecular weight is 287 g/mol. The third kappa shape index (κ3) is 3.22. The molecule has 0 spiro atoms. The van der Waals surface area contributed by atoms with E-state index in [1.807, 2.05) is 19.1 Å². The highest BCUT2D eigenvalue weighted by Crippen LogP contribution is 2.33. The van der Waals surface area contributed by atoms with E-state index in [0.717, 1.165) is 27.8 Å². The van der Waals surface area contributed by atoms with Crippen LogP contribution in [0.2, 0.25) is 0 Å². The molecule has 0 saturated heterocycles. The van der Waals surface area contributed by atoms with Crippen molar-refractivity contribution in [2.75, 3.05) is 7.11 Å². The molecule has 0 aliphatic carbocycles. The Bertz CT molecular complexity index is 361. The quantitative estimate of drug-likeness (QED) is 0.911. The van der Waals surface area contributed by atoms with Crippen LogP contribution in [0.15, 0.2) is 16.6 Å². The molecule has 0 fully saturated rings. The van der Waals surface area contributed by atoms with E-state index >= 15 is 0 Å². The van der Waals surface area contributed by atoms with Crippen LogP contribution in [-0.4, -0.2) is 12.2 Å². The van der Waals surface area contributed by atoms with E-state index in [-0.39, 0.29) is 0 Å². The Kier molecular flexibility index (Phi) is 4.81. The van der Waals surface area contributed by atoms with Gasteiger partial charge in [-0.15, -0.1) is 0 Å². The van der Waals surface area contributed by atoms with Gasteiger partial charge in [-0.3, -0.25) is 0 Å². The van der Waals surface area contributed by atoms with Crippen molar-refractivity contribution in [1.29, 1.82) is 0 Å². The van der Waals surface area contributed by atoms with Crippen LogP contribution in [0, 0.1) is 12.8 Å². The number of methoxy groups -OCH3 is 1. The van der Waals surface area contributed by atoms with E-state index in [0.29, 0.717) is 5.92 Å². The molecular formula is C13H19BrO2. The standard InChI is InChI=1S/C13H19BrO2/c1-8(2)5-12(15)10-7-11(14)9(3)6-13(10)16-4/h6-8,12,15H,5H2,1-4H3. The number of aryl methyl sites for hydroxylation is 1. The van der Waals surface area contributed by atoms with Gasteiger partial charge in [0.15, 0.2) is 0 Å². The van der Waals surface area contributed by atoms with Crippen LogP contribution in [0.25, 0.3) is 0 Å². The minimum Gasteiger partial charge on any atom is -0.496 e. The molecule has 0 heterocycles. The van der Waals surface area contributed by atoms with Crippen molar-refractivity contribution in [2.24, 2.45) is 5.92 Å². The fraction of sp³-hybridized carbons (Fsp3) is 0.538. The molecule has 0 radical (unpaired) electrons. The second-order valence-corrected chi connectivity index (χ2v) is 5.34. The number of rotatable bonds is 4. The Balaban J connectivity index is 3.06. The van der Waals surface area contributed by atoms with Crippen molar-refractivity contribution in [3.63, 3.8) is 0 Å². The molecule has 0 amide bonds. The van der Waals surface area contributed by atoms with Gasteiger partial charge in [0.2, 0.25) is 0 Å². The van der Waals surface area contributed by atoms with E-state index in [1.165, 1.54) is 0 Å². The Morgan fingerprint density at radius 3 is 2.50 bits per heavy atom. The highest BCUT2D eigenvalue weighted by atomic mass is 79.9. The van der Waals surface area contributed by atoms with Crippen LogP contribution < -0.4 is 4.74 Å². The number of ether oxygens (including phenoxy) is 1. The van der Waals surface area contributed by atoms with Gasteiger partial charge in [-0.1, -0.05) is 29.8 Å². The molecule has 3 heteroatoms. The molecular weight excluding hydrogens is 268 g/mol. The zero-order valence-corrected chi connectivity index (χ0v) is 11.8. The molecule has 0 aliphatic heterocycles. The zero-order valence-electron chi connectivity index (χ0n) is 10.2. The molecule has 1 atom stereocenters. The summed E-state index contributed by atoms with van der Waals surface area (Å²) in [5, 5.41) is 10.1. The predicted octanol–water partition coefficient (Wildman–Crippen LogP) is 3.85. The summed E-state index contributed by atoms with van der Waals surface area (Å²) >= 11 is 3.48. The van der Waals surface area contributed by atoms with Crippen molar-refractivity contribution < 1.29 is 9.84 Å². The Morgan fingerprint density at radius 1 is 1.38 bits per heavy atom. The van der Waals surface area contributed by atoms with Crippen LogP contribution in [0.4, 0.5) is 0 Å². The normalized spacial score (nSPS) is 12.9. The van der Waals surface area contributed by atoms with Crippen molar-refractivity contribution >= 4 is 15.9 Å². The maximum absolute atomic E-state index is 10.1. The fourth-order valence-corrected chi connectivity index (χ4v) is 2.04. The van der Waals surface area contributed by atoms with Gasteiger partial charge in [0.25, 0.3) is 0 Å². The molecule has 0 bridgehead atoms. The fourth-order valence-electron chi connectivity index (χ4n) is 1.68. The number of aliphatic hydroxyl groups is 1. The lowest BCUT2D eigenvalue weighted by Gasteiger charge is -2.17. The summed E-state index contributed by atoms with van der Waals surface area (Å²) in [5.74, 6) is 1.22. The van der Waals surface area contributed by atoms with Crippen molar-refractivity contribution in [3.05, 3.63) is 27.7 Å². The lowest BCUT2D eigenvalue weighted by atomic mass is 9.98. The molecule has 90 valence electrons. The third-order valence-corrected chi connectivity index (χ3v) is 3.42. The van der Waals surface area contributed by atoms with E-state index in [2.05, 4.69) is 29.8 Å². The van der Waals surface area contributed by atoms with Gasteiger partial charge in [-0.25, -0.2) is 0 Å². The lowest BCUT2D eigenvalue weighted by molar-refractivity contribution is 0.147. The van der Waals surface area contributed by atoms with Gasteiger partial charge >= 0.3 is 0 Å². The van der Waals surface area contributed by atoms with E-state index < -0.39 is 6.10 Å². The number of halogens is 1. The number of hydrogen-bond acceptors (Lipinski definition) is 2. The molecule has 1 rings (SSSR count). The van der Waals surface area contributed by atoms with Crippen molar-refractivity contribution in [2.45, 2.75) is 33.3 Å².